The molecule has 0 amide bonds. The first-order chi connectivity index (χ1) is 8.75. The minimum absolute atomic E-state index is 1.10. The van der Waals surface area contributed by atoms with Crippen molar-refractivity contribution in [3.05, 3.63) is 69.6 Å². The van der Waals surface area contributed by atoms with Crippen LogP contribution in [0.25, 0.3) is 21.9 Å². The molecule has 3 aromatic rings. The van der Waals surface area contributed by atoms with Gasteiger partial charge in [0.25, 0.3) is 0 Å². The van der Waals surface area contributed by atoms with Crippen molar-refractivity contribution in [2.75, 3.05) is 0 Å². The van der Waals surface area contributed by atoms with E-state index in [1.165, 1.54) is 21.9 Å². The molecule has 0 saturated carbocycles. The minimum Gasteiger partial charge on any atom is -0.0616 e. The van der Waals surface area contributed by atoms with E-state index in [9.17, 15) is 0 Å². The smallest absolute Gasteiger partial charge is 0.0332 e. The molecule has 18 heavy (non-hydrogen) atoms. The first-order valence-electron chi connectivity index (χ1n) is 5.69. The molecule has 0 atom stereocenters. The van der Waals surface area contributed by atoms with Crippen LogP contribution in [0.2, 0.25) is 0 Å². The van der Waals surface area contributed by atoms with Crippen LogP contribution in [-0.2, 0) is 0 Å². The Balaban J connectivity index is 2.24. The highest BCUT2D eigenvalue weighted by atomic mass is 79.9. The zero-order chi connectivity index (χ0) is 12.5. The zero-order valence-electron chi connectivity index (χ0n) is 9.53. The van der Waals surface area contributed by atoms with Crippen molar-refractivity contribution in [2.45, 2.75) is 0 Å². The van der Waals surface area contributed by atoms with Gasteiger partial charge in [-0.1, -0.05) is 64.5 Å². The molecule has 3 aromatic carbocycles. The molecule has 0 nitrogen and oxygen atoms in total. The Morgan fingerprint density at radius 1 is 0.667 bits per heavy atom. The van der Waals surface area contributed by atoms with E-state index in [1.807, 2.05) is 0 Å². The Hall–Kier alpha value is -1.12. The Morgan fingerprint density at radius 2 is 1.39 bits per heavy atom. The molecule has 3 rings (SSSR count). The third-order valence-corrected chi connectivity index (χ3v) is 4.40. The zero-order valence-corrected chi connectivity index (χ0v) is 12.7. The number of hydrogen-bond donors (Lipinski definition) is 0. The molecule has 0 fully saturated rings. The third kappa shape index (κ3) is 2.11. The van der Waals surface area contributed by atoms with Crippen LogP contribution >= 0.6 is 31.9 Å². The number of hydrogen-bond acceptors (Lipinski definition) is 0. The van der Waals surface area contributed by atoms with E-state index < -0.39 is 0 Å². The summed E-state index contributed by atoms with van der Waals surface area (Å²) in [6.45, 7) is 0. The molecule has 0 unspecified atom stereocenters. The van der Waals surface area contributed by atoms with Gasteiger partial charge in [-0.2, -0.15) is 0 Å². The van der Waals surface area contributed by atoms with Crippen LogP contribution in [0.5, 0.6) is 0 Å². The van der Waals surface area contributed by atoms with Gasteiger partial charge in [0.05, 0.1) is 0 Å². The van der Waals surface area contributed by atoms with E-state index >= 15 is 0 Å². The quantitative estimate of drug-likeness (QED) is 0.496. The largest absolute Gasteiger partial charge is 0.0616 e. The molecule has 0 saturated heterocycles. The molecule has 0 aliphatic rings. The maximum Gasteiger partial charge on any atom is 0.0332 e. The van der Waals surface area contributed by atoms with Crippen LogP contribution in [0.3, 0.4) is 0 Å². The molecule has 2 heteroatoms. The van der Waals surface area contributed by atoms with Crippen LogP contribution in [-0.4, -0.2) is 0 Å². The Morgan fingerprint density at radius 3 is 2.17 bits per heavy atom. The van der Waals surface area contributed by atoms with Crippen LogP contribution in [0, 0.1) is 0 Å². The average molecular weight is 362 g/mol. The molecular weight excluding hydrogens is 352 g/mol. The standard InChI is InChI=1S/C16H10Br2/c17-13-8-5-12(6-9-13)15-10-7-11-3-1-2-4-14(11)16(15)18/h1-10H. The molecular formula is C16H10Br2. The summed E-state index contributed by atoms with van der Waals surface area (Å²) in [5.41, 5.74) is 2.44. The second-order valence-corrected chi connectivity index (χ2v) is 5.86. The van der Waals surface area contributed by atoms with E-state index in [2.05, 4.69) is 92.5 Å². The summed E-state index contributed by atoms with van der Waals surface area (Å²) >= 11 is 7.19. The molecule has 0 N–H and O–H groups in total. The number of fused-ring (bicyclic) bond motifs is 1. The molecule has 0 spiro atoms. The van der Waals surface area contributed by atoms with Gasteiger partial charge in [-0.3, -0.25) is 0 Å². The lowest BCUT2D eigenvalue weighted by atomic mass is 10.0. The van der Waals surface area contributed by atoms with E-state index in [1.54, 1.807) is 0 Å². The van der Waals surface area contributed by atoms with E-state index in [-0.39, 0.29) is 0 Å². The summed E-state index contributed by atoms with van der Waals surface area (Å²) in [6.07, 6.45) is 0. The van der Waals surface area contributed by atoms with Crippen LogP contribution in [0.4, 0.5) is 0 Å². The van der Waals surface area contributed by atoms with E-state index in [0.717, 1.165) is 8.95 Å². The third-order valence-electron chi connectivity index (χ3n) is 3.02. The highest BCUT2D eigenvalue weighted by molar-refractivity contribution is 9.11. The molecule has 0 aromatic heterocycles. The summed E-state index contributed by atoms with van der Waals surface area (Å²) in [6, 6.07) is 21.1. The van der Waals surface area contributed by atoms with Gasteiger partial charge in [0.2, 0.25) is 0 Å². The summed E-state index contributed by atoms with van der Waals surface area (Å²) in [4.78, 5) is 0. The predicted octanol–water partition coefficient (Wildman–Crippen LogP) is 6.03. The lowest BCUT2D eigenvalue weighted by Gasteiger charge is -2.08. The summed E-state index contributed by atoms with van der Waals surface area (Å²) < 4.78 is 2.26. The molecule has 0 radical (unpaired) electrons. The fourth-order valence-corrected chi connectivity index (χ4v) is 3.07. The number of halogens is 2. The van der Waals surface area contributed by atoms with Gasteiger partial charge in [-0.05, 0) is 50.0 Å². The van der Waals surface area contributed by atoms with Crippen LogP contribution in [0.1, 0.15) is 0 Å². The average Bonchev–Trinajstić information content (AvgIpc) is 2.41. The highest BCUT2D eigenvalue weighted by Crippen LogP contribution is 2.34. The van der Waals surface area contributed by atoms with Crippen molar-refractivity contribution in [2.24, 2.45) is 0 Å². The van der Waals surface area contributed by atoms with Gasteiger partial charge in [-0.25, -0.2) is 0 Å². The summed E-state index contributed by atoms with van der Waals surface area (Å²) in [5, 5.41) is 2.50. The normalized spacial score (nSPS) is 10.8. The number of benzene rings is 3. The van der Waals surface area contributed by atoms with Gasteiger partial charge >= 0.3 is 0 Å². The fourth-order valence-electron chi connectivity index (χ4n) is 2.09. The minimum atomic E-state index is 1.10. The fraction of sp³-hybridized carbons (Fsp3) is 0. The summed E-state index contributed by atoms with van der Waals surface area (Å²) in [5.74, 6) is 0. The van der Waals surface area contributed by atoms with E-state index in [4.69, 9.17) is 0 Å². The molecule has 0 aliphatic heterocycles. The van der Waals surface area contributed by atoms with Crippen molar-refractivity contribution in [3.8, 4) is 11.1 Å². The van der Waals surface area contributed by atoms with Crippen molar-refractivity contribution < 1.29 is 0 Å². The highest BCUT2D eigenvalue weighted by Gasteiger charge is 2.06. The van der Waals surface area contributed by atoms with Gasteiger partial charge in [0, 0.05) is 8.95 Å². The lowest BCUT2D eigenvalue weighted by molar-refractivity contribution is 1.59. The first-order valence-corrected chi connectivity index (χ1v) is 7.27. The monoisotopic (exact) mass is 360 g/mol. The van der Waals surface area contributed by atoms with Gasteiger partial charge in [0.15, 0.2) is 0 Å². The van der Waals surface area contributed by atoms with Crippen molar-refractivity contribution in [1.82, 2.24) is 0 Å². The van der Waals surface area contributed by atoms with Crippen LogP contribution in [0.15, 0.2) is 69.6 Å². The molecule has 0 aliphatic carbocycles. The first kappa shape index (κ1) is 11.9. The Labute approximate surface area is 123 Å². The SMILES string of the molecule is Brc1ccc(-c2ccc3ccccc3c2Br)cc1. The second-order valence-electron chi connectivity index (χ2n) is 4.16. The summed E-state index contributed by atoms with van der Waals surface area (Å²) in [7, 11) is 0. The van der Waals surface area contributed by atoms with Crippen LogP contribution < -0.4 is 0 Å². The van der Waals surface area contributed by atoms with Gasteiger partial charge < -0.3 is 0 Å². The Bertz CT molecular complexity index is 700. The lowest BCUT2D eigenvalue weighted by Crippen LogP contribution is -1.82. The maximum absolute atomic E-state index is 3.73. The molecule has 0 bridgehead atoms. The second kappa shape index (κ2) is 4.87. The Kier molecular flexibility index (Phi) is 3.23. The molecule has 88 valence electrons. The van der Waals surface area contributed by atoms with Crippen molar-refractivity contribution in [3.63, 3.8) is 0 Å². The van der Waals surface area contributed by atoms with Gasteiger partial charge in [0.1, 0.15) is 0 Å². The van der Waals surface area contributed by atoms with E-state index in [0.29, 0.717) is 0 Å². The van der Waals surface area contributed by atoms with Gasteiger partial charge in [-0.15, -0.1) is 0 Å². The number of rotatable bonds is 1. The van der Waals surface area contributed by atoms with Crippen molar-refractivity contribution in [1.29, 1.82) is 0 Å². The maximum atomic E-state index is 3.73. The molecule has 0 heterocycles. The van der Waals surface area contributed by atoms with Crippen molar-refractivity contribution >= 4 is 42.6 Å². The topological polar surface area (TPSA) is 0 Å². The predicted molar refractivity (Wildman–Crippen MR) is 84.8 cm³/mol.